The molecular weight excluding hydrogens is 845 g/mol. The van der Waals surface area contributed by atoms with Crippen molar-refractivity contribution in [1.29, 1.82) is 0 Å². The van der Waals surface area contributed by atoms with Crippen LogP contribution in [-0.2, 0) is 15.6 Å². The molecule has 0 aliphatic heterocycles. The number of benzene rings is 18. The van der Waals surface area contributed by atoms with E-state index in [1.54, 1.807) is 313 Å². The van der Waals surface area contributed by atoms with Crippen LogP contribution in [0.25, 0.3) is 291 Å². The van der Waals surface area contributed by atoms with Crippen molar-refractivity contribution >= 4 is 297 Å². The molecule has 2 atom stereocenters. The Balaban J connectivity index is 1.22. The lowest BCUT2D eigenvalue weighted by atomic mass is 9.26. The second-order valence-corrected chi connectivity index (χ2v) is 28.1. The zero-order valence-electron chi connectivity index (χ0n) is 36.9. The van der Waals surface area contributed by atoms with Gasteiger partial charge in [-0.15, -0.1) is 0 Å². The van der Waals surface area contributed by atoms with Gasteiger partial charge in [-0.05, 0) is 330 Å². The molecule has 0 radical (unpaired) electrons. The predicted octanol–water partition coefficient (Wildman–Crippen LogP) is 18.3. The van der Waals surface area contributed by atoms with Crippen molar-refractivity contribution in [3.8, 4) is 0 Å². The van der Waals surface area contributed by atoms with Crippen LogP contribution < -0.4 is 0 Å². The minimum Gasteiger partial charge on any atom is -0.299 e. The van der Waals surface area contributed by atoms with Crippen LogP contribution in [0.3, 0.4) is 0 Å². The van der Waals surface area contributed by atoms with Gasteiger partial charge in [0, 0.05) is 23.2 Å². The molecule has 35 rings (SSSR count). The summed E-state index contributed by atoms with van der Waals surface area (Å²) >= 11 is 0. The Morgan fingerprint density at radius 3 is 0.614 bits per heavy atom. The van der Waals surface area contributed by atoms with E-state index in [4.69, 9.17) is 0 Å². The zero-order chi connectivity index (χ0) is 42.1. The van der Waals surface area contributed by atoms with Gasteiger partial charge in [0.05, 0.1) is 0 Å². The van der Waals surface area contributed by atoms with Crippen LogP contribution in [-0.4, -0.2) is 5.78 Å². The average Bonchev–Trinajstić information content (AvgIpc) is 4.37. The topological polar surface area (TPSA) is 17.1 Å². The van der Waals surface area contributed by atoms with Crippen molar-refractivity contribution in [2.75, 3.05) is 0 Å². The van der Waals surface area contributed by atoms with Gasteiger partial charge < -0.3 is 0 Å². The molecule has 0 aromatic heterocycles. The first-order valence-corrected chi connectivity index (χ1v) is 26.7. The summed E-state index contributed by atoms with van der Waals surface area (Å²) in [6.07, 6.45) is 1.79. The van der Waals surface area contributed by atoms with Gasteiger partial charge >= 0.3 is 0 Å². The molecule has 3 fully saturated rings. The summed E-state index contributed by atoms with van der Waals surface area (Å²) in [7, 11) is 0. The third-order valence-electron chi connectivity index (χ3n) is 27.2. The number of carbonyl (C=O) groups excluding carboxylic acids is 1. The van der Waals surface area contributed by atoms with Crippen molar-refractivity contribution in [2.45, 2.75) is 44.4 Å². The normalized spacial score (nSPS) is 24.7. The Hall–Kier alpha value is -7.87. The highest BCUT2D eigenvalue weighted by atomic mass is 16.1. The van der Waals surface area contributed by atoms with Gasteiger partial charge in [0.15, 0.2) is 0 Å². The van der Waals surface area contributed by atoms with E-state index in [2.05, 4.69) is 20.8 Å². The largest absolute Gasteiger partial charge is 0.299 e. The molecule has 70 heavy (non-hydrogen) atoms. The Kier molecular flexibility index (Phi) is 2.11. The van der Waals surface area contributed by atoms with E-state index in [0.717, 1.165) is 6.42 Å². The third kappa shape index (κ3) is 1.31. The highest BCUT2D eigenvalue weighted by Crippen LogP contribution is 2.90. The lowest BCUT2D eigenvalue weighted by molar-refractivity contribution is -0.165. The minimum absolute atomic E-state index is 0.0995. The van der Waals surface area contributed by atoms with Crippen LogP contribution >= 0.6 is 0 Å². The molecule has 2 spiro atoms. The number of carbonyl (C=O) groups is 1. The molecule has 0 saturated heterocycles. The molecule has 0 amide bonds. The molecule has 2 bridgehead atoms. The Labute approximate surface area is 382 Å². The summed E-state index contributed by atoms with van der Waals surface area (Å²) in [5.74, 6) is 0.472. The van der Waals surface area contributed by atoms with Gasteiger partial charge in [0.25, 0.3) is 0 Å². The van der Waals surface area contributed by atoms with Crippen molar-refractivity contribution in [2.24, 2.45) is 16.7 Å². The Morgan fingerprint density at radius 1 is 0.257 bits per heavy atom. The smallest absolute Gasteiger partial charge is 0.138 e. The summed E-state index contributed by atoms with van der Waals surface area (Å²) in [6, 6.07) is 0. The van der Waals surface area contributed by atoms with E-state index < -0.39 is 5.41 Å². The standard InChI is InChI=1S/C69H14O/c1-66(2)5-67(3)4-6(70)65(66)68-61-53-45-35-25-17-9-7-8-11-15-13(9)21-29-23(15)33-27-19(11)20-12(8)16-14-10(7)18(17)26-32-22(14)30-24(16)34-28(20)38-37(27)49-43(33)51-41(29)47(39(45)31(21)25)55(61)57(51)63-59(49)60-50(38)44(34)52-42(30)48-40(32)46(36(26)35)54(53)62(68)56(48)58(52)64(60)69(63,67)68/h65H,4-5H2,1-3H3/t65-,67+,68?,69?/m1/s1. The first-order chi connectivity index (χ1) is 34.4. The summed E-state index contributed by atoms with van der Waals surface area (Å²) in [4.78, 5) is 16.4. The lowest BCUT2D eigenvalue weighted by Gasteiger charge is -2.74. The SMILES string of the molecule is CC1(C)C[C@]2(C)CC(=O)[C@H]1C13c4c5c6c7c8c9c(c%10c%11c1c1c4c4c%12c5c5c6c6c8c8c%13c9c9c%10c%10c%11c%11c1c1c4c4c%12c%12c5c5c6c8c6c8c%13c9c9c%10c%10c%11c1c1c4c4c%12c5c6c5c8c9c%10c1c45)C732. The van der Waals surface area contributed by atoms with E-state index in [-0.39, 0.29) is 22.2 Å². The average molecular weight is 859 g/mol. The first-order valence-electron chi connectivity index (χ1n) is 26.7. The van der Waals surface area contributed by atoms with Crippen LogP contribution in [0.1, 0.15) is 55.9 Å². The maximum Gasteiger partial charge on any atom is 0.138 e. The van der Waals surface area contributed by atoms with Gasteiger partial charge in [0.1, 0.15) is 5.78 Å². The monoisotopic (exact) mass is 858 g/mol. The van der Waals surface area contributed by atoms with Gasteiger partial charge in [-0.25, -0.2) is 0 Å². The van der Waals surface area contributed by atoms with Crippen LogP contribution in [0.4, 0.5) is 0 Å². The zero-order valence-corrected chi connectivity index (χ0v) is 36.9. The van der Waals surface area contributed by atoms with Crippen LogP contribution in [0.2, 0.25) is 0 Å². The number of ketones is 1. The fourth-order valence-electron chi connectivity index (χ4n) is 28.1. The third-order valence-corrected chi connectivity index (χ3v) is 27.2. The van der Waals surface area contributed by atoms with E-state index in [0.29, 0.717) is 12.2 Å². The van der Waals surface area contributed by atoms with E-state index >= 15 is 4.79 Å². The highest BCUT2D eigenvalue weighted by molar-refractivity contribution is 6.82. The molecule has 0 unspecified atom stereocenters. The second kappa shape index (κ2) is 5.63. The summed E-state index contributed by atoms with van der Waals surface area (Å²) < 4.78 is 0. The number of rotatable bonds is 0. The van der Waals surface area contributed by atoms with Gasteiger partial charge in [-0.2, -0.15) is 0 Å². The van der Waals surface area contributed by atoms with Crippen molar-refractivity contribution in [1.82, 2.24) is 0 Å². The molecule has 7 aliphatic carbocycles. The number of fused-ring (bicyclic) bond motifs is 2. The summed E-state index contributed by atoms with van der Waals surface area (Å²) in [6.45, 7) is 7.87. The second-order valence-electron chi connectivity index (χ2n) is 28.1. The minimum atomic E-state index is -0.482. The van der Waals surface area contributed by atoms with Crippen LogP contribution in [0, 0.1) is 16.7 Å². The van der Waals surface area contributed by atoms with E-state index in [9.17, 15) is 0 Å². The maximum atomic E-state index is 16.4. The highest BCUT2D eigenvalue weighted by Gasteiger charge is 2.83. The van der Waals surface area contributed by atoms with Crippen molar-refractivity contribution < 1.29 is 4.79 Å². The fourth-order valence-corrected chi connectivity index (χ4v) is 28.1. The molecule has 3 saturated carbocycles. The van der Waals surface area contributed by atoms with Crippen molar-refractivity contribution in [3.05, 3.63) is 22.3 Å². The van der Waals surface area contributed by atoms with Gasteiger partial charge in [0.2, 0.25) is 0 Å². The summed E-state index contributed by atoms with van der Waals surface area (Å²) in [5, 5.41) is 88.6. The maximum absolute atomic E-state index is 16.4. The Bertz CT molecular complexity index is 7130. The fraction of sp³-hybridized carbons (Fsp3) is 0.145. The van der Waals surface area contributed by atoms with Gasteiger partial charge in [-0.3, -0.25) is 4.79 Å². The quantitative estimate of drug-likeness (QED) is 0.139. The molecule has 28 aromatic rings. The molecule has 0 N–H and O–H groups in total. The molecule has 7 aliphatic rings. The molecule has 0 heterocycles. The Morgan fingerprint density at radius 2 is 0.429 bits per heavy atom. The summed E-state index contributed by atoms with van der Waals surface area (Å²) in [5.41, 5.74) is 5.53. The molecule has 296 valence electrons. The van der Waals surface area contributed by atoms with E-state index in [1.807, 2.05) is 0 Å². The van der Waals surface area contributed by atoms with Crippen LogP contribution in [0.15, 0.2) is 0 Å². The van der Waals surface area contributed by atoms with Gasteiger partial charge in [-0.1, -0.05) is 20.8 Å². The number of Topliss-reactive ketones (excluding diaryl/α,β-unsaturated/α-hetero) is 1. The molecule has 28 aromatic carbocycles. The van der Waals surface area contributed by atoms with Crippen molar-refractivity contribution in [3.63, 3.8) is 0 Å². The van der Waals surface area contributed by atoms with Crippen LogP contribution in [0.5, 0.6) is 0 Å². The lowest BCUT2D eigenvalue weighted by Crippen LogP contribution is -2.75. The molecule has 1 heteroatoms. The molecular formula is C69H14O. The molecule has 1 nitrogen and oxygen atoms in total. The number of hydrogen-bond donors (Lipinski definition) is 0. The predicted molar refractivity (Wildman–Crippen MR) is 293 cm³/mol. The number of hydrogen-bond acceptors (Lipinski definition) is 1. The van der Waals surface area contributed by atoms with E-state index in [1.165, 1.54) is 0 Å². The first kappa shape index (κ1) is 26.2.